The van der Waals surface area contributed by atoms with Gasteiger partial charge in [0.25, 0.3) is 0 Å². The third-order valence-corrected chi connectivity index (χ3v) is 2.78. The van der Waals surface area contributed by atoms with E-state index in [1.807, 2.05) is 4.57 Å². The van der Waals surface area contributed by atoms with E-state index in [0.717, 1.165) is 31.6 Å². The van der Waals surface area contributed by atoms with Crippen LogP contribution in [0.15, 0.2) is 12.5 Å². The summed E-state index contributed by atoms with van der Waals surface area (Å²) in [5.41, 5.74) is 0.800. The molecule has 0 bridgehead atoms. The maximum atomic E-state index is 10.6. The summed E-state index contributed by atoms with van der Waals surface area (Å²) < 4.78 is 2.01. The fraction of sp³-hybridized carbons (Fsp3) is 0.600. The van der Waals surface area contributed by atoms with Crippen LogP contribution >= 0.6 is 0 Å². The van der Waals surface area contributed by atoms with E-state index in [1.54, 1.807) is 12.5 Å². The molecule has 0 unspecified atom stereocenters. The van der Waals surface area contributed by atoms with E-state index in [9.17, 15) is 4.79 Å². The standard InChI is InChI=1S/C10H15N3O2/c14-10(15)5-9-6-12-7-13(9)8-1-3-11-4-2-8/h6-8,11H,1-5H2,(H,14,15). The van der Waals surface area contributed by atoms with Gasteiger partial charge in [-0.05, 0) is 25.9 Å². The summed E-state index contributed by atoms with van der Waals surface area (Å²) in [5.74, 6) is -0.800. The number of carboxylic acids is 1. The van der Waals surface area contributed by atoms with Gasteiger partial charge in [0.15, 0.2) is 0 Å². The summed E-state index contributed by atoms with van der Waals surface area (Å²) in [6.07, 6.45) is 5.54. The van der Waals surface area contributed by atoms with Crippen LogP contribution in [-0.4, -0.2) is 33.7 Å². The second-order valence-electron chi connectivity index (χ2n) is 3.84. The molecule has 0 saturated carbocycles. The van der Waals surface area contributed by atoms with Crippen molar-refractivity contribution < 1.29 is 9.90 Å². The van der Waals surface area contributed by atoms with Crippen LogP contribution in [0.3, 0.4) is 0 Å². The van der Waals surface area contributed by atoms with Crippen molar-refractivity contribution in [2.45, 2.75) is 25.3 Å². The highest BCUT2D eigenvalue weighted by Gasteiger charge is 2.17. The number of imidazole rings is 1. The lowest BCUT2D eigenvalue weighted by Gasteiger charge is -2.25. The van der Waals surface area contributed by atoms with Gasteiger partial charge in [-0.25, -0.2) is 4.98 Å². The molecule has 2 N–H and O–H groups in total. The lowest BCUT2D eigenvalue weighted by atomic mass is 10.1. The molecule has 1 saturated heterocycles. The molecule has 1 fully saturated rings. The zero-order valence-electron chi connectivity index (χ0n) is 8.52. The maximum absolute atomic E-state index is 10.6. The van der Waals surface area contributed by atoms with Crippen molar-refractivity contribution in [3.63, 3.8) is 0 Å². The first-order chi connectivity index (χ1) is 7.27. The highest BCUT2D eigenvalue weighted by Crippen LogP contribution is 2.20. The van der Waals surface area contributed by atoms with Gasteiger partial charge >= 0.3 is 5.97 Å². The summed E-state index contributed by atoms with van der Waals surface area (Å²) in [5, 5.41) is 12.0. The number of nitrogens with zero attached hydrogens (tertiary/aromatic N) is 2. The van der Waals surface area contributed by atoms with Gasteiger partial charge in [-0.3, -0.25) is 4.79 Å². The second-order valence-corrected chi connectivity index (χ2v) is 3.84. The molecule has 0 spiro atoms. The Morgan fingerprint density at radius 1 is 1.60 bits per heavy atom. The number of rotatable bonds is 3. The zero-order valence-corrected chi connectivity index (χ0v) is 8.52. The lowest BCUT2D eigenvalue weighted by Crippen LogP contribution is -2.30. The Balaban J connectivity index is 2.12. The number of aromatic nitrogens is 2. The van der Waals surface area contributed by atoms with E-state index in [2.05, 4.69) is 10.3 Å². The molecule has 1 aromatic rings. The largest absolute Gasteiger partial charge is 0.481 e. The molecule has 0 aromatic carbocycles. The predicted molar refractivity (Wildman–Crippen MR) is 54.7 cm³/mol. The molecule has 1 aromatic heterocycles. The van der Waals surface area contributed by atoms with Crippen LogP contribution in [0, 0.1) is 0 Å². The fourth-order valence-corrected chi connectivity index (χ4v) is 2.04. The molecular formula is C10H15N3O2. The van der Waals surface area contributed by atoms with Gasteiger partial charge in [-0.15, -0.1) is 0 Å². The first kappa shape index (κ1) is 10.2. The number of carbonyl (C=O) groups is 1. The van der Waals surface area contributed by atoms with Crippen molar-refractivity contribution in [1.82, 2.24) is 14.9 Å². The molecule has 5 nitrogen and oxygen atoms in total. The van der Waals surface area contributed by atoms with Gasteiger partial charge in [-0.2, -0.15) is 0 Å². The van der Waals surface area contributed by atoms with Gasteiger partial charge in [0.1, 0.15) is 0 Å². The number of nitrogens with one attached hydrogen (secondary N) is 1. The first-order valence-electron chi connectivity index (χ1n) is 5.20. The minimum Gasteiger partial charge on any atom is -0.481 e. The highest BCUT2D eigenvalue weighted by molar-refractivity contribution is 5.69. The van der Waals surface area contributed by atoms with Gasteiger partial charge in [-0.1, -0.05) is 0 Å². The van der Waals surface area contributed by atoms with Crippen LogP contribution in [0.25, 0.3) is 0 Å². The lowest BCUT2D eigenvalue weighted by molar-refractivity contribution is -0.136. The molecule has 2 heterocycles. The van der Waals surface area contributed by atoms with Crippen LogP contribution < -0.4 is 5.32 Å². The van der Waals surface area contributed by atoms with Crippen LogP contribution in [0.5, 0.6) is 0 Å². The molecular weight excluding hydrogens is 194 g/mol. The molecule has 1 aliphatic rings. The normalized spacial score (nSPS) is 17.9. The Labute approximate surface area is 88.1 Å². The minimum absolute atomic E-state index is 0.0595. The second kappa shape index (κ2) is 4.44. The third-order valence-electron chi connectivity index (χ3n) is 2.78. The topological polar surface area (TPSA) is 67.1 Å². The molecule has 1 aliphatic heterocycles. The van der Waals surface area contributed by atoms with E-state index in [4.69, 9.17) is 5.11 Å². The number of hydrogen-bond acceptors (Lipinski definition) is 3. The Morgan fingerprint density at radius 2 is 2.33 bits per heavy atom. The Hall–Kier alpha value is -1.36. The van der Waals surface area contributed by atoms with Gasteiger partial charge in [0.05, 0.1) is 12.7 Å². The van der Waals surface area contributed by atoms with Crippen molar-refractivity contribution in [2.24, 2.45) is 0 Å². The summed E-state index contributed by atoms with van der Waals surface area (Å²) in [6.45, 7) is 1.99. The van der Waals surface area contributed by atoms with E-state index < -0.39 is 5.97 Å². The molecule has 5 heteroatoms. The molecule has 0 amide bonds. The summed E-state index contributed by atoms with van der Waals surface area (Å²) in [6, 6.07) is 0.406. The SMILES string of the molecule is O=C(O)Cc1cncn1C1CCNCC1. The molecule has 15 heavy (non-hydrogen) atoms. The predicted octanol–water partition coefficient (Wildman–Crippen LogP) is 0.435. The summed E-state index contributed by atoms with van der Waals surface area (Å²) >= 11 is 0. The Morgan fingerprint density at radius 3 is 3.00 bits per heavy atom. The van der Waals surface area contributed by atoms with Crippen molar-refractivity contribution in [1.29, 1.82) is 0 Å². The van der Waals surface area contributed by atoms with Crippen molar-refractivity contribution in [2.75, 3.05) is 13.1 Å². The quantitative estimate of drug-likeness (QED) is 0.757. The average Bonchev–Trinajstić information content (AvgIpc) is 2.66. The van der Waals surface area contributed by atoms with Gasteiger partial charge in [0.2, 0.25) is 0 Å². The maximum Gasteiger partial charge on any atom is 0.309 e. The van der Waals surface area contributed by atoms with Crippen molar-refractivity contribution >= 4 is 5.97 Å². The number of piperidine rings is 1. The van der Waals surface area contributed by atoms with Crippen LogP contribution in [0.1, 0.15) is 24.6 Å². The van der Waals surface area contributed by atoms with Crippen LogP contribution in [0.4, 0.5) is 0 Å². The number of carboxylic acid groups (broad SMARTS) is 1. The summed E-state index contributed by atoms with van der Waals surface area (Å²) in [7, 11) is 0. The molecule has 0 radical (unpaired) electrons. The van der Waals surface area contributed by atoms with Crippen LogP contribution in [0.2, 0.25) is 0 Å². The highest BCUT2D eigenvalue weighted by atomic mass is 16.4. The van der Waals surface area contributed by atoms with Crippen molar-refractivity contribution in [3.8, 4) is 0 Å². The van der Waals surface area contributed by atoms with E-state index >= 15 is 0 Å². The van der Waals surface area contributed by atoms with E-state index in [1.165, 1.54) is 0 Å². The molecule has 0 aliphatic carbocycles. The van der Waals surface area contributed by atoms with E-state index in [-0.39, 0.29) is 6.42 Å². The van der Waals surface area contributed by atoms with Crippen molar-refractivity contribution in [3.05, 3.63) is 18.2 Å². The smallest absolute Gasteiger partial charge is 0.309 e. The monoisotopic (exact) mass is 209 g/mol. The summed E-state index contributed by atoms with van der Waals surface area (Å²) in [4.78, 5) is 14.7. The zero-order chi connectivity index (χ0) is 10.7. The molecule has 0 atom stereocenters. The number of aliphatic carboxylic acids is 1. The Bertz CT molecular complexity index is 342. The fourth-order valence-electron chi connectivity index (χ4n) is 2.04. The van der Waals surface area contributed by atoms with E-state index in [0.29, 0.717) is 6.04 Å². The average molecular weight is 209 g/mol. The molecule has 82 valence electrons. The van der Waals surface area contributed by atoms with Crippen LogP contribution in [-0.2, 0) is 11.2 Å². The minimum atomic E-state index is -0.800. The van der Waals surface area contributed by atoms with Gasteiger partial charge in [0, 0.05) is 17.9 Å². The Kier molecular flexibility index (Phi) is 3.01. The van der Waals surface area contributed by atoms with Gasteiger partial charge < -0.3 is 15.0 Å². The number of hydrogen-bond donors (Lipinski definition) is 2. The molecule has 2 rings (SSSR count). The third kappa shape index (κ3) is 2.36. The first-order valence-corrected chi connectivity index (χ1v) is 5.20.